The average molecular weight is 268 g/mol. The van der Waals surface area contributed by atoms with E-state index < -0.39 is 0 Å². The SMILES string of the molecule is CCC(CC)CC(NC)C(C)(CC)N1CCCCC1. The molecule has 2 nitrogen and oxygen atoms in total. The van der Waals surface area contributed by atoms with E-state index in [-0.39, 0.29) is 0 Å². The van der Waals surface area contributed by atoms with E-state index in [4.69, 9.17) is 0 Å². The van der Waals surface area contributed by atoms with Crippen LogP contribution in [0.4, 0.5) is 0 Å². The van der Waals surface area contributed by atoms with Crippen LogP contribution in [0.2, 0.25) is 0 Å². The van der Waals surface area contributed by atoms with Gasteiger partial charge in [-0.3, -0.25) is 4.90 Å². The molecule has 1 heterocycles. The van der Waals surface area contributed by atoms with Crippen LogP contribution in [0.3, 0.4) is 0 Å². The van der Waals surface area contributed by atoms with E-state index in [1.807, 2.05) is 0 Å². The maximum atomic E-state index is 3.65. The van der Waals surface area contributed by atoms with Crippen LogP contribution in [0.5, 0.6) is 0 Å². The van der Waals surface area contributed by atoms with Crippen LogP contribution in [0.25, 0.3) is 0 Å². The van der Waals surface area contributed by atoms with Crippen LogP contribution in [0, 0.1) is 5.92 Å². The van der Waals surface area contributed by atoms with Gasteiger partial charge in [0.2, 0.25) is 0 Å². The number of nitrogens with one attached hydrogen (secondary N) is 1. The second-order valence-corrected chi connectivity index (χ2v) is 6.52. The molecular weight excluding hydrogens is 232 g/mol. The van der Waals surface area contributed by atoms with E-state index >= 15 is 0 Å². The quantitative estimate of drug-likeness (QED) is 0.714. The molecule has 1 rings (SSSR count). The molecule has 1 N–H and O–H groups in total. The first-order valence-corrected chi connectivity index (χ1v) is 8.54. The topological polar surface area (TPSA) is 15.3 Å². The molecule has 0 aromatic rings. The second-order valence-electron chi connectivity index (χ2n) is 6.52. The summed E-state index contributed by atoms with van der Waals surface area (Å²) in [5.74, 6) is 0.869. The minimum atomic E-state index is 0.331. The Morgan fingerprint density at radius 3 is 2.05 bits per heavy atom. The molecule has 1 aliphatic heterocycles. The lowest BCUT2D eigenvalue weighted by molar-refractivity contribution is 0.0368. The molecule has 1 aliphatic rings. The first-order valence-electron chi connectivity index (χ1n) is 8.54. The predicted molar refractivity (Wildman–Crippen MR) is 85.7 cm³/mol. The fourth-order valence-electron chi connectivity index (χ4n) is 3.73. The van der Waals surface area contributed by atoms with Crippen molar-refractivity contribution in [1.82, 2.24) is 10.2 Å². The van der Waals surface area contributed by atoms with Crippen molar-refractivity contribution in [3.63, 3.8) is 0 Å². The van der Waals surface area contributed by atoms with Crippen molar-refractivity contribution < 1.29 is 0 Å². The molecule has 2 heteroatoms. The third-order valence-electron chi connectivity index (χ3n) is 5.62. The number of nitrogens with zero attached hydrogens (tertiary/aromatic N) is 1. The minimum absolute atomic E-state index is 0.331. The molecule has 0 radical (unpaired) electrons. The lowest BCUT2D eigenvalue weighted by atomic mass is 9.80. The second kappa shape index (κ2) is 8.26. The molecule has 0 bridgehead atoms. The molecule has 0 aromatic heterocycles. The van der Waals surface area contributed by atoms with Gasteiger partial charge in [-0.1, -0.05) is 40.0 Å². The van der Waals surface area contributed by atoms with Crippen LogP contribution in [0.1, 0.15) is 72.6 Å². The number of hydrogen-bond acceptors (Lipinski definition) is 2. The fraction of sp³-hybridized carbons (Fsp3) is 1.00. The number of likely N-dealkylation sites (tertiary alicyclic amines) is 1. The van der Waals surface area contributed by atoms with Crippen LogP contribution >= 0.6 is 0 Å². The molecule has 2 unspecified atom stereocenters. The van der Waals surface area contributed by atoms with Gasteiger partial charge < -0.3 is 5.32 Å². The van der Waals surface area contributed by atoms with Gasteiger partial charge >= 0.3 is 0 Å². The fourth-order valence-corrected chi connectivity index (χ4v) is 3.73. The lowest BCUT2D eigenvalue weighted by Gasteiger charge is -2.48. The van der Waals surface area contributed by atoms with Gasteiger partial charge in [0, 0.05) is 11.6 Å². The highest BCUT2D eigenvalue weighted by atomic mass is 15.2. The Labute approximate surface area is 121 Å². The van der Waals surface area contributed by atoms with Gasteiger partial charge in [-0.25, -0.2) is 0 Å². The van der Waals surface area contributed by atoms with Crippen LogP contribution < -0.4 is 5.32 Å². The minimum Gasteiger partial charge on any atom is -0.315 e. The average Bonchev–Trinajstić information content (AvgIpc) is 2.48. The highest BCUT2D eigenvalue weighted by molar-refractivity contribution is 4.97. The highest BCUT2D eigenvalue weighted by Gasteiger charge is 2.38. The van der Waals surface area contributed by atoms with Gasteiger partial charge in [-0.2, -0.15) is 0 Å². The highest BCUT2D eigenvalue weighted by Crippen LogP contribution is 2.31. The van der Waals surface area contributed by atoms with E-state index in [2.05, 4.69) is 45.0 Å². The number of rotatable bonds is 8. The molecular formula is C17H36N2. The Kier molecular flexibility index (Phi) is 7.38. The van der Waals surface area contributed by atoms with E-state index in [1.54, 1.807) is 0 Å². The first kappa shape index (κ1) is 17.0. The van der Waals surface area contributed by atoms with Crippen molar-refractivity contribution in [1.29, 1.82) is 0 Å². The van der Waals surface area contributed by atoms with Gasteiger partial charge in [0.15, 0.2) is 0 Å². The summed E-state index contributed by atoms with van der Waals surface area (Å²) in [7, 11) is 2.16. The molecule has 1 fully saturated rings. The smallest absolute Gasteiger partial charge is 0.0331 e. The van der Waals surface area contributed by atoms with Crippen molar-refractivity contribution >= 4 is 0 Å². The first-order chi connectivity index (χ1) is 9.12. The molecule has 2 atom stereocenters. The number of likely N-dealkylation sites (N-methyl/N-ethyl adjacent to an activating group) is 1. The Balaban J connectivity index is 2.76. The maximum Gasteiger partial charge on any atom is 0.0331 e. The number of hydrogen-bond donors (Lipinski definition) is 1. The van der Waals surface area contributed by atoms with E-state index in [0.29, 0.717) is 11.6 Å². The zero-order valence-corrected chi connectivity index (χ0v) is 14.0. The van der Waals surface area contributed by atoms with Crippen molar-refractivity contribution in [2.75, 3.05) is 20.1 Å². The third-order valence-corrected chi connectivity index (χ3v) is 5.62. The maximum absolute atomic E-state index is 3.65. The summed E-state index contributed by atoms with van der Waals surface area (Å²) in [6.45, 7) is 12.1. The molecule has 19 heavy (non-hydrogen) atoms. The van der Waals surface area contributed by atoms with E-state index in [1.165, 1.54) is 58.0 Å². The van der Waals surface area contributed by atoms with Crippen LogP contribution in [-0.4, -0.2) is 36.6 Å². The Hall–Kier alpha value is -0.0800. The lowest BCUT2D eigenvalue weighted by Crippen LogP contribution is -2.60. The molecule has 1 saturated heterocycles. The molecule has 0 amide bonds. The van der Waals surface area contributed by atoms with Crippen molar-refractivity contribution in [2.24, 2.45) is 5.92 Å². The molecule has 0 spiro atoms. The summed E-state index contributed by atoms with van der Waals surface area (Å²) >= 11 is 0. The summed E-state index contributed by atoms with van der Waals surface area (Å²) in [4.78, 5) is 2.76. The summed E-state index contributed by atoms with van der Waals surface area (Å²) in [6, 6.07) is 0.625. The summed E-state index contributed by atoms with van der Waals surface area (Å²) in [5, 5.41) is 3.65. The summed E-state index contributed by atoms with van der Waals surface area (Å²) in [5.41, 5.74) is 0.331. The third kappa shape index (κ3) is 4.19. The number of piperidine rings is 1. The van der Waals surface area contributed by atoms with Crippen LogP contribution in [0.15, 0.2) is 0 Å². The molecule has 114 valence electrons. The van der Waals surface area contributed by atoms with Gasteiger partial charge in [0.1, 0.15) is 0 Å². The zero-order valence-electron chi connectivity index (χ0n) is 14.0. The Morgan fingerprint density at radius 2 is 1.63 bits per heavy atom. The van der Waals surface area contributed by atoms with Crippen LogP contribution in [-0.2, 0) is 0 Å². The van der Waals surface area contributed by atoms with Crippen molar-refractivity contribution in [3.05, 3.63) is 0 Å². The normalized spacial score (nSPS) is 22.4. The monoisotopic (exact) mass is 268 g/mol. The van der Waals surface area contributed by atoms with Crippen molar-refractivity contribution in [3.8, 4) is 0 Å². The van der Waals surface area contributed by atoms with Gasteiger partial charge in [-0.05, 0) is 58.7 Å². The summed E-state index contributed by atoms with van der Waals surface area (Å²) in [6.07, 6.45) is 9.40. The van der Waals surface area contributed by atoms with E-state index in [0.717, 1.165) is 5.92 Å². The Bertz CT molecular complexity index is 231. The summed E-state index contributed by atoms with van der Waals surface area (Å²) < 4.78 is 0. The van der Waals surface area contributed by atoms with Gasteiger partial charge in [0.05, 0.1) is 0 Å². The molecule has 0 saturated carbocycles. The van der Waals surface area contributed by atoms with Crippen molar-refractivity contribution in [2.45, 2.75) is 84.2 Å². The zero-order chi connectivity index (χ0) is 14.3. The van der Waals surface area contributed by atoms with Gasteiger partial charge in [0.25, 0.3) is 0 Å². The Morgan fingerprint density at radius 1 is 1.05 bits per heavy atom. The standard InChI is InChI=1S/C17H36N2/c1-6-15(7-2)14-16(18-5)17(4,8-3)19-12-10-9-11-13-19/h15-16,18H,6-14H2,1-5H3. The van der Waals surface area contributed by atoms with E-state index in [9.17, 15) is 0 Å². The molecule has 0 aromatic carbocycles. The van der Waals surface area contributed by atoms with Gasteiger partial charge in [-0.15, -0.1) is 0 Å². The largest absolute Gasteiger partial charge is 0.315 e. The predicted octanol–water partition coefficient (Wildman–Crippen LogP) is 4.06. The molecule has 0 aliphatic carbocycles.